The summed E-state index contributed by atoms with van der Waals surface area (Å²) in [5.41, 5.74) is 2.93. The number of benzene rings is 3. The Labute approximate surface area is 319 Å². The number of pyridine rings is 1. The molecule has 8 heteroatoms. The van der Waals surface area contributed by atoms with E-state index in [4.69, 9.17) is 4.98 Å². The minimum absolute atomic E-state index is 0. The van der Waals surface area contributed by atoms with Crippen LogP contribution in [0.15, 0.2) is 66.6 Å². The Bertz CT molecular complexity index is 1980. The Morgan fingerprint density at radius 2 is 1.51 bits per heavy atom. The maximum atomic E-state index is 13.6. The number of rotatable bonds is 11. The molecule has 0 saturated heterocycles. The summed E-state index contributed by atoms with van der Waals surface area (Å²) in [7, 11) is 0. The van der Waals surface area contributed by atoms with Gasteiger partial charge in [-0.3, -0.25) is 9.78 Å². The van der Waals surface area contributed by atoms with Crippen LogP contribution in [0.5, 0.6) is 0 Å². The Balaban J connectivity index is 0.000000374. The summed E-state index contributed by atoms with van der Waals surface area (Å²) in [4.78, 5) is 16.5. The Kier molecular flexibility index (Phi) is 14.6. The molecule has 0 saturated carbocycles. The molecule has 0 aliphatic rings. The summed E-state index contributed by atoms with van der Waals surface area (Å²) in [5, 5.41) is 14.1. The second kappa shape index (κ2) is 17.6. The first-order chi connectivity index (χ1) is 23.6. The number of aliphatic hydroxyl groups is 1. The molecular weight excluding hydrogens is 844 g/mol. The summed E-state index contributed by atoms with van der Waals surface area (Å²) >= 11 is 1.61. The van der Waals surface area contributed by atoms with Gasteiger partial charge in [0.25, 0.3) is 0 Å². The zero-order valence-electron chi connectivity index (χ0n) is 31.2. The average molecular weight is 895 g/mol. The fourth-order valence-corrected chi connectivity index (χ4v) is 7.87. The normalized spacial score (nSPS) is 12.6. The number of thiophene rings is 1. The molecular formula is C43H51F3IrNO2S-. The van der Waals surface area contributed by atoms with Crippen LogP contribution in [0.3, 0.4) is 0 Å². The van der Waals surface area contributed by atoms with Gasteiger partial charge in [0.1, 0.15) is 0 Å². The minimum Gasteiger partial charge on any atom is -0.512 e. The smallest absolute Gasteiger partial charge is 0.394 e. The number of ketones is 1. The zero-order valence-corrected chi connectivity index (χ0v) is 34.4. The third-order valence-electron chi connectivity index (χ3n) is 10.1. The number of aryl methyl sites for hydroxylation is 1. The third-order valence-corrected chi connectivity index (χ3v) is 11.4. The number of halogens is 3. The van der Waals surface area contributed by atoms with E-state index in [1.165, 1.54) is 30.9 Å². The molecule has 1 radical (unpaired) electrons. The zero-order chi connectivity index (χ0) is 37.0. The van der Waals surface area contributed by atoms with E-state index in [1.807, 2.05) is 71.1 Å². The molecule has 5 aromatic rings. The number of fused-ring (bicyclic) bond motifs is 4. The molecule has 3 nitrogen and oxygen atoms in total. The molecule has 2 heterocycles. The van der Waals surface area contributed by atoms with Crippen molar-refractivity contribution in [3.05, 3.63) is 89.3 Å². The standard InChI is InChI=1S/C30H27F3NS.C13H24O2.Ir/c1-17(2)25-15-21(14-19-8-6-7-9-22(19)25)26-28-24(12-13-34-26)23-11-10-20(18(3)27(23)35-28)16-29(4,5)30(31,32)33;1-5-10(6-2)12(14)9-13(15)11(7-3)8-4;/h6-13,15,17H,16H2,1-5H3;9-11,14H,5-8H2,1-4H3;/q-1;;/b;12-9-;. The molecule has 0 bridgehead atoms. The van der Waals surface area contributed by atoms with Crippen molar-refractivity contribution >= 4 is 48.1 Å². The van der Waals surface area contributed by atoms with Crippen LogP contribution < -0.4 is 0 Å². The number of carbonyl (C=O) groups excluding carboxylic acids is 1. The minimum atomic E-state index is -4.26. The Morgan fingerprint density at radius 3 is 2.10 bits per heavy atom. The fourth-order valence-electron chi connectivity index (χ4n) is 6.54. The molecule has 0 unspecified atom stereocenters. The number of alkyl halides is 3. The number of hydrogen-bond acceptors (Lipinski definition) is 4. The molecule has 0 aliphatic heterocycles. The maximum absolute atomic E-state index is 13.6. The number of carbonyl (C=O) groups is 1. The van der Waals surface area contributed by atoms with Crippen molar-refractivity contribution in [2.75, 3.05) is 0 Å². The molecule has 0 fully saturated rings. The van der Waals surface area contributed by atoms with Crippen molar-refractivity contribution in [3.63, 3.8) is 0 Å². The SMILES string of the molecule is CCC(CC)C(=O)/C=C(\O)C(CC)CC.Cc1c(CC(C)(C)C(F)(F)F)ccc2c1sc1c(-c3[c-]c4ccccc4c(C(C)C)c3)nccc12.[Ir]. The van der Waals surface area contributed by atoms with E-state index >= 15 is 0 Å². The quantitative estimate of drug-likeness (QED) is 0.0816. The number of aliphatic hydroxyl groups excluding tert-OH is 1. The summed E-state index contributed by atoms with van der Waals surface area (Å²) in [6.45, 7) is 16.9. The molecule has 0 spiro atoms. The van der Waals surface area contributed by atoms with Gasteiger partial charge in [0, 0.05) is 64.7 Å². The topological polar surface area (TPSA) is 50.2 Å². The van der Waals surface area contributed by atoms with Gasteiger partial charge in [-0.25, -0.2) is 0 Å². The average Bonchev–Trinajstić information content (AvgIpc) is 3.46. The van der Waals surface area contributed by atoms with Crippen molar-refractivity contribution in [1.29, 1.82) is 0 Å². The van der Waals surface area contributed by atoms with Crippen LogP contribution in [0.4, 0.5) is 13.2 Å². The molecule has 0 aliphatic carbocycles. The maximum Gasteiger partial charge on any atom is 0.394 e. The first-order valence-electron chi connectivity index (χ1n) is 17.8. The van der Waals surface area contributed by atoms with Crippen molar-refractivity contribution in [1.82, 2.24) is 4.98 Å². The van der Waals surface area contributed by atoms with Gasteiger partial charge < -0.3 is 5.11 Å². The first kappa shape index (κ1) is 42.4. The second-order valence-corrected chi connectivity index (χ2v) is 15.3. The summed E-state index contributed by atoms with van der Waals surface area (Å²) in [5.74, 6) is 0.891. The van der Waals surface area contributed by atoms with E-state index in [0.717, 1.165) is 73.6 Å². The van der Waals surface area contributed by atoms with Gasteiger partial charge in [0.15, 0.2) is 5.78 Å². The Hall–Kier alpha value is -3.06. The van der Waals surface area contributed by atoms with E-state index in [-0.39, 0.29) is 49.9 Å². The third kappa shape index (κ3) is 9.30. The van der Waals surface area contributed by atoms with Crippen molar-refractivity contribution in [2.45, 2.75) is 107 Å². The van der Waals surface area contributed by atoms with E-state index in [1.54, 1.807) is 11.3 Å². The van der Waals surface area contributed by atoms with Gasteiger partial charge in [-0.15, -0.1) is 40.5 Å². The van der Waals surface area contributed by atoms with E-state index < -0.39 is 11.6 Å². The molecule has 51 heavy (non-hydrogen) atoms. The number of hydrogen-bond donors (Lipinski definition) is 1. The summed E-state index contributed by atoms with van der Waals surface area (Å²) in [6.07, 6.45) is 2.42. The van der Waals surface area contributed by atoms with Gasteiger partial charge in [0.05, 0.1) is 11.2 Å². The van der Waals surface area contributed by atoms with Gasteiger partial charge in [-0.2, -0.15) is 13.2 Å². The van der Waals surface area contributed by atoms with Crippen molar-refractivity contribution < 1.29 is 43.2 Å². The molecule has 277 valence electrons. The van der Waals surface area contributed by atoms with E-state index in [9.17, 15) is 23.1 Å². The molecule has 0 amide bonds. The largest absolute Gasteiger partial charge is 0.512 e. The van der Waals surface area contributed by atoms with Crippen LogP contribution in [-0.4, -0.2) is 22.1 Å². The van der Waals surface area contributed by atoms with Gasteiger partial charge in [-0.1, -0.05) is 96.7 Å². The van der Waals surface area contributed by atoms with Gasteiger partial charge in [0.2, 0.25) is 0 Å². The monoisotopic (exact) mass is 895 g/mol. The fraction of sp³-hybridized carbons (Fsp3) is 0.442. The second-order valence-electron chi connectivity index (χ2n) is 14.3. The predicted molar refractivity (Wildman–Crippen MR) is 205 cm³/mol. The molecule has 2 aromatic heterocycles. The predicted octanol–water partition coefficient (Wildman–Crippen LogP) is 13.5. The van der Waals surface area contributed by atoms with Crippen LogP contribution in [0.1, 0.15) is 104 Å². The van der Waals surface area contributed by atoms with Crippen LogP contribution in [0, 0.1) is 30.2 Å². The van der Waals surface area contributed by atoms with Gasteiger partial charge in [-0.05, 0) is 67.5 Å². The molecule has 5 rings (SSSR count). The summed E-state index contributed by atoms with van der Waals surface area (Å²) in [6, 6.07) is 19.9. The van der Waals surface area contributed by atoms with Crippen molar-refractivity contribution in [3.8, 4) is 11.3 Å². The Morgan fingerprint density at radius 1 is 0.902 bits per heavy atom. The number of nitrogens with zero attached hydrogens (tertiary/aromatic N) is 1. The number of aromatic nitrogens is 1. The van der Waals surface area contributed by atoms with Crippen LogP contribution in [-0.2, 0) is 31.3 Å². The van der Waals surface area contributed by atoms with Gasteiger partial charge >= 0.3 is 6.18 Å². The molecule has 0 atom stereocenters. The van der Waals surface area contributed by atoms with Crippen LogP contribution >= 0.6 is 11.3 Å². The summed E-state index contributed by atoms with van der Waals surface area (Å²) < 4.78 is 42.8. The molecule has 1 N–H and O–H groups in total. The van der Waals surface area contributed by atoms with E-state index in [2.05, 4.69) is 38.1 Å². The van der Waals surface area contributed by atoms with E-state index in [0.29, 0.717) is 5.92 Å². The van der Waals surface area contributed by atoms with Crippen molar-refractivity contribution in [2.24, 2.45) is 17.3 Å². The number of allylic oxidation sites excluding steroid dienone is 2. The van der Waals surface area contributed by atoms with Crippen LogP contribution in [0.25, 0.3) is 42.2 Å². The molecule has 3 aromatic carbocycles. The van der Waals surface area contributed by atoms with Crippen LogP contribution in [0.2, 0.25) is 0 Å². The first-order valence-corrected chi connectivity index (χ1v) is 18.7.